The number of benzene rings is 2. The second-order valence-corrected chi connectivity index (χ2v) is 11.9. The first-order valence-electron chi connectivity index (χ1n) is 15.3. The lowest BCUT2D eigenvalue weighted by Crippen LogP contribution is -2.60. The number of carboxylic acid groups (broad SMARTS) is 1. The summed E-state index contributed by atoms with van der Waals surface area (Å²) in [6.07, 6.45) is -4.08. The Morgan fingerprint density at radius 2 is 1.53 bits per heavy atom. The normalized spacial score (nSPS) is 31.1. The minimum absolute atomic E-state index is 0.0675. The molecule has 1 aliphatic carbocycles. The molecular formula is C34H36O15. The summed E-state index contributed by atoms with van der Waals surface area (Å²) in [6, 6.07) is 10.0. The van der Waals surface area contributed by atoms with Crippen molar-refractivity contribution in [3.05, 3.63) is 77.6 Å². The number of carboxylic acids is 1. The molecule has 0 aromatic heterocycles. The highest BCUT2D eigenvalue weighted by Crippen LogP contribution is 2.48. The highest BCUT2D eigenvalue weighted by molar-refractivity contribution is 5.88. The fourth-order valence-electron chi connectivity index (χ4n) is 6.07. The number of phenolic OH excluding ortho intramolecular Hbond substituents is 3. The summed E-state index contributed by atoms with van der Waals surface area (Å²) in [6.45, 7) is 1.16. The Kier molecular flexibility index (Phi) is 10.9. The molecule has 5 rings (SSSR count). The van der Waals surface area contributed by atoms with Crippen molar-refractivity contribution in [1.29, 1.82) is 0 Å². The molecule has 2 aromatic rings. The summed E-state index contributed by atoms with van der Waals surface area (Å²) in [7, 11) is 0. The third-order valence-electron chi connectivity index (χ3n) is 8.74. The molecule has 2 aromatic carbocycles. The third-order valence-corrected chi connectivity index (χ3v) is 8.74. The molecule has 262 valence electrons. The number of hydrogen-bond donors (Lipinski definition) is 7. The van der Waals surface area contributed by atoms with Gasteiger partial charge < -0.3 is 59.4 Å². The molecule has 7 N–H and O–H groups in total. The van der Waals surface area contributed by atoms with Crippen LogP contribution < -0.4 is 0 Å². The summed E-state index contributed by atoms with van der Waals surface area (Å²) in [4.78, 5) is 37.0. The number of carbonyl (C=O) groups excluding carboxylic acids is 2. The van der Waals surface area contributed by atoms with Crippen LogP contribution in [0.2, 0.25) is 0 Å². The summed E-state index contributed by atoms with van der Waals surface area (Å²) < 4.78 is 28.1. The molecule has 15 nitrogen and oxygen atoms in total. The Bertz CT molecular complexity index is 1620. The number of hydrogen-bond acceptors (Lipinski definition) is 14. The van der Waals surface area contributed by atoms with E-state index in [0.717, 1.165) is 12.3 Å². The number of carbonyl (C=O) groups is 3. The fraction of sp³-hybridized carbons (Fsp3) is 0.382. The van der Waals surface area contributed by atoms with Crippen molar-refractivity contribution in [2.45, 2.75) is 56.4 Å². The standard InChI is InChI=1S/C34H36O15/c1-16-24(47-27(39)11-5-17-2-7-19(35)8-3-17)13-20-21(32(43)44)14-46-33(28(16)20)49-34-31(42)30(41)29(40)25(48-34)15-45-26(38)10-6-18-4-9-22(36)23(37)12-18/h2-12,14,16,20,24-25,28-31,33-37,40-42H,13,15H2,1H3,(H,43,44)/b10-6+,11-5+/t16-,20-,24+,25-,28-,29-,30+,31-,33+,34+/m1/s1. The van der Waals surface area contributed by atoms with Gasteiger partial charge in [0.1, 0.15) is 42.9 Å². The first-order valence-corrected chi connectivity index (χ1v) is 15.3. The van der Waals surface area contributed by atoms with Gasteiger partial charge in [0.05, 0.1) is 11.8 Å². The number of aliphatic hydroxyl groups excluding tert-OH is 3. The molecule has 0 radical (unpaired) electrons. The number of rotatable bonds is 10. The number of aliphatic carboxylic acids is 1. The van der Waals surface area contributed by atoms with Crippen molar-refractivity contribution < 1.29 is 73.8 Å². The fourth-order valence-corrected chi connectivity index (χ4v) is 6.07. The number of fused-ring (bicyclic) bond motifs is 1. The lowest BCUT2D eigenvalue weighted by atomic mass is 9.83. The molecule has 49 heavy (non-hydrogen) atoms. The van der Waals surface area contributed by atoms with Crippen LogP contribution in [-0.4, -0.2) is 103 Å². The highest BCUT2D eigenvalue weighted by Gasteiger charge is 2.54. The molecule has 10 atom stereocenters. The van der Waals surface area contributed by atoms with Gasteiger partial charge in [-0.3, -0.25) is 0 Å². The summed E-state index contributed by atoms with van der Waals surface area (Å²) in [5, 5.41) is 70.1. The molecule has 2 heterocycles. The molecular weight excluding hydrogens is 648 g/mol. The Balaban J connectivity index is 1.23. The second-order valence-electron chi connectivity index (χ2n) is 11.9. The number of phenols is 3. The van der Waals surface area contributed by atoms with Crippen molar-refractivity contribution in [3.63, 3.8) is 0 Å². The number of aliphatic hydroxyl groups is 3. The Morgan fingerprint density at radius 3 is 2.22 bits per heavy atom. The summed E-state index contributed by atoms with van der Waals surface area (Å²) >= 11 is 0. The van der Waals surface area contributed by atoms with E-state index in [0.29, 0.717) is 11.1 Å². The van der Waals surface area contributed by atoms with E-state index in [9.17, 15) is 50.1 Å². The van der Waals surface area contributed by atoms with Gasteiger partial charge in [0.25, 0.3) is 0 Å². The molecule has 0 amide bonds. The minimum Gasteiger partial charge on any atom is -0.508 e. The molecule has 0 spiro atoms. The van der Waals surface area contributed by atoms with Gasteiger partial charge in [0.2, 0.25) is 6.29 Å². The van der Waals surface area contributed by atoms with Crippen LogP contribution in [0.4, 0.5) is 0 Å². The molecule has 0 unspecified atom stereocenters. The predicted molar refractivity (Wildman–Crippen MR) is 166 cm³/mol. The van der Waals surface area contributed by atoms with Gasteiger partial charge in [-0.25, -0.2) is 14.4 Å². The Hall–Kier alpha value is -4.93. The van der Waals surface area contributed by atoms with Crippen LogP contribution in [0.5, 0.6) is 17.2 Å². The van der Waals surface area contributed by atoms with Crippen molar-refractivity contribution in [2.75, 3.05) is 6.61 Å². The maximum atomic E-state index is 12.7. The van der Waals surface area contributed by atoms with Crippen LogP contribution >= 0.6 is 0 Å². The first-order chi connectivity index (χ1) is 23.3. The van der Waals surface area contributed by atoms with Gasteiger partial charge in [-0.15, -0.1) is 0 Å². The zero-order valence-electron chi connectivity index (χ0n) is 26.0. The zero-order chi connectivity index (χ0) is 35.4. The lowest BCUT2D eigenvalue weighted by Gasteiger charge is -2.43. The SMILES string of the molecule is C[C@H]1[C@H]2[C@H](O[C@@H]3O[C@H](COC(=O)/C=C/c4ccc(O)c(O)c4)[C@@H](O)[C@H](O)[C@H]3O)OC=C(C(=O)O)[C@H]2C[C@@H]1OC(=O)/C=C/c1ccc(O)cc1. The quantitative estimate of drug-likeness (QED) is 0.106. The van der Waals surface area contributed by atoms with Crippen LogP contribution in [0.25, 0.3) is 12.2 Å². The number of ether oxygens (including phenoxy) is 5. The van der Waals surface area contributed by atoms with E-state index < -0.39 is 91.1 Å². The molecule has 1 saturated heterocycles. The average molecular weight is 685 g/mol. The first kappa shape index (κ1) is 35.4. The van der Waals surface area contributed by atoms with Gasteiger partial charge in [-0.05, 0) is 54.0 Å². The van der Waals surface area contributed by atoms with Crippen molar-refractivity contribution in [2.24, 2.45) is 17.8 Å². The van der Waals surface area contributed by atoms with Crippen LogP contribution in [0.3, 0.4) is 0 Å². The molecule has 3 aliphatic rings. The zero-order valence-corrected chi connectivity index (χ0v) is 26.0. The predicted octanol–water partition coefficient (Wildman–Crippen LogP) is 1.41. The van der Waals surface area contributed by atoms with Gasteiger partial charge in [-0.2, -0.15) is 0 Å². The van der Waals surface area contributed by atoms with Crippen LogP contribution in [0.1, 0.15) is 24.5 Å². The third kappa shape index (κ3) is 8.21. The largest absolute Gasteiger partial charge is 0.508 e. The van der Waals surface area contributed by atoms with Crippen molar-refractivity contribution in [3.8, 4) is 17.2 Å². The van der Waals surface area contributed by atoms with E-state index >= 15 is 0 Å². The van der Waals surface area contributed by atoms with Gasteiger partial charge in [0.15, 0.2) is 17.8 Å². The van der Waals surface area contributed by atoms with Gasteiger partial charge in [-0.1, -0.05) is 25.1 Å². The van der Waals surface area contributed by atoms with E-state index in [1.807, 2.05) is 0 Å². The average Bonchev–Trinajstić information content (AvgIpc) is 3.39. The topological polar surface area (TPSA) is 239 Å². The van der Waals surface area contributed by atoms with Crippen LogP contribution in [0, 0.1) is 17.8 Å². The van der Waals surface area contributed by atoms with Crippen LogP contribution in [-0.2, 0) is 38.1 Å². The summed E-state index contributed by atoms with van der Waals surface area (Å²) in [5.74, 6) is -5.38. The number of esters is 2. The smallest absolute Gasteiger partial charge is 0.334 e. The molecule has 1 saturated carbocycles. The van der Waals surface area contributed by atoms with Gasteiger partial charge >= 0.3 is 17.9 Å². The van der Waals surface area contributed by atoms with E-state index in [1.165, 1.54) is 48.6 Å². The maximum Gasteiger partial charge on any atom is 0.334 e. The van der Waals surface area contributed by atoms with E-state index in [-0.39, 0.29) is 23.5 Å². The van der Waals surface area contributed by atoms with E-state index in [2.05, 4.69) is 0 Å². The molecule has 2 fully saturated rings. The highest BCUT2D eigenvalue weighted by atomic mass is 16.8. The Morgan fingerprint density at radius 1 is 0.857 bits per heavy atom. The monoisotopic (exact) mass is 684 g/mol. The molecule has 0 bridgehead atoms. The van der Waals surface area contributed by atoms with E-state index in [4.69, 9.17) is 23.7 Å². The molecule has 2 aliphatic heterocycles. The van der Waals surface area contributed by atoms with Crippen molar-refractivity contribution >= 4 is 30.1 Å². The minimum atomic E-state index is -1.79. The number of aromatic hydroxyl groups is 3. The lowest BCUT2D eigenvalue weighted by molar-refractivity contribution is -0.342. The van der Waals surface area contributed by atoms with Crippen LogP contribution in [0.15, 0.2) is 66.5 Å². The van der Waals surface area contributed by atoms with Gasteiger partial charge in [0, 0.05) is 29.9 Å². The summed E-state index contributed by atoms with van der Waals surface area (Å²) in [5.41, 5.74) is 0.942. The van der Waals surface area contributed by atoms with E-state index in [1.54, 1.807) is 19.1 Å². The Labute approximate surface area is 279 Å². The second kappa shape index (κ2) is 15.1. The molecule has 15 heteroatoms. The van der Waals surface area contributed by atoms with Crippen molar-refractivity contribution in [1.82, 2.24) is 0 Å². The maximum absolute atomic E-state index is 12.7.